The number of rotatable bonds is 3. The molecule has 0 aliphatic heterocycles. The third kappa shape index (κ3) is 3.24. The molecule has 2 aromatic rings. The Morgan fingerprint density at radius 1 is 1.24 bits per heavy atom. The number of phenolic OH excluding ortho intramolecular Hbond substituents is 1. The molecule has 0 unspecified atom stereocenters. The van der Waals surface area contributed by atoms with Crippen LogP contribution in [0.1, 0.15) is 5.56 Å². The molecule has 5 nitrogen and oxygen atoms in total. The summed E-state index contributed by atoms with van der Waals surface area (Å²) < 4.78 is 39.7. The van der Waals surface area contributed by atoms with Crippen molar-refractivity contribution in [3.63, 3.8) is 0 Å². The summed E-state index contributed by atoms with van der Waals surface area (Å²) in [5.74, 6) is -0.921. The highest BCUT2D eigenvalue weighted by Gasteiger charge is 2.18. The van der Waals surface area contributed by atoms with E-state index in [1.165, 1.54) is 18.2 Å². The molecule has 2 aromatic carbocycles. The van der Waals surface area contributed by atoms with Crippen LogP contribution in [0.5, 0.6) is 5.75 Å². The Bertz CT molecular complexity index is 847. The first kappa shape index (κ1) is 15.1. The highest BCUT2D eigenvalue weighted by atomic mass is 35.5. The lowest BCUT2D eigenvalue weighted by molar-refractivity contribution is 0.475. The number of nitriles is 1. The van der Waals surface area contributed by atoms with E-state index in [9.17, 15) is 17.9 Å². The van der Waals surface area contributed by atoms with E-state index < -0.39 is 15.8 Å². The average molecular weight is 327 g/mol. The van der Waals surface area contributed by atoms with Crippen molar-refractivity contribution in [2.75, 3.05) is 4.72 Å². The molecule has 2 rings (SSSR count). The van der Waals surface area contributed by atoms with Gasteiger partial charge >= 0.3 is 0 Å². The van der Waals surface area contributed by atoms with Gasteiger partial charge in [-0.25, -0.2) is 12.8 Å². The van der Waals surface area contributed by atoms with Crippen LogP contribution in [0.4, 0.5) is 10.1 Å². The van der Waals surface area contributed by atoms with Gasteiger partial charge in [-0.1, -0.05) is 11.6 Å². The Labute approximate surface area is 125 Å². The first-order chi connectivity index (χ1) is 9.83. The van der Waals surface area contributed by atoms with E-state index in [0.717, 1.165) is 18.2 Å². The van der Waals surface area contributed by atoms with Crippen LogP contribution in [0.3, 0.4) is 0 Å². The van der Waals surface area contributed by atoms with Crippen molar-refractivity contribution in [1.29, 1.82) is 5.26 Å². The van der Waals surface area contributed by atoms with Crippen LogP contribution in [0.25, 0.3) is 0 Å². The standard InChI is InChI=1S/C13H8ClFN2O3S/c14-11-6-9(18)1-4-13(11)17-21(19,20)10-2-3-12(15)8(5-10)7-16/h1-6,17-18H. The minimum absolute atomic E-state index is 0.00110. The Hall–Kier alpha value is -2.30. The smallest absolute Gasteiger partial charge is 0.261 e. The van der Waals surface area contributed by atoms with E-state index in [1.54, 1.807) is 6.07 Å². The van der Waals surface area contributed by atoms with Gasteiger partial charge in [-0.3, -0.25) is 4.72 Å². The summed E-state index contributed by atoms with van der Waals surface area (Å²) in [6.07, 6.45) is 0. The molecule has 0 fully saturated rings. The van der Waals surface area contributed by atoms with Crippen molar-refractivity contribution in [3.05, 3.63) is 52.8 Å². The lowest BCUT2D eigenvalue weighted by atomic mass is 10.2. The highest BCUT2D eigenvalue weighted by molar-refractivity contribution is 7.92. The van der Waals surface area contributed by atoms with Crippen LogP contribution in [-0.2, 0) is 10.0 Å². The zero-order valence-electron chi connectivity index (χ0n) is 10.3. The lowest BCUT2D eigenvalue weighted by Gasteiger charge is -2.10. The Kier molecular flexibility index (Phi) is 4.02. The van der Waals surface area contributed by atoms with Crippen molar-refractivity contribution in [2.24, 2.45) is 0 Å². The number of anilines is 1. The van der Waals surface area contributed by atoms with Gasteiger partial charge in [0.05, 0.1) is 21.2 Å². The Balaban J connectivity index is 2.41. The summed E-state index contributed by atoms with van der Waals surface area (Å²) in [7, 11) is -4.03. The number of sulfonamides is 1. The predicted octanol–water partition coefficient (Wildman–Crippen LogP) is 2.86. The number of halogens is 2. The molecule has 0 heterocycles. The molecule has 0 aliphatic rings. The number of phenols is 1. The number of aromatic hydroxyl groups is 1. The van der Waals surface area contributed by atoms with Crippen LogP contribution in [-0.4, -0.2) is 13.5 Å². The summed E-state index contributed by atoms with van der Waals surface area (Å²) in [6, 6.07) is 8.13. The van der Waals surface area contributed by atoms with Gasteiger partial charge < -0.3 is 5.11 Å². The van der Waals surface area contributed by atoms with Gasteiger partial charge in [-0.15, -0.1) is 0 Å². The van der Waals surface area contributed by atoms with E-state index in [1.807, 2.05) is 0 Å². The average Bonchev–Trinajstić information content (AvgIpc) is 2.42. The number of nitrogens with one attached hydrogen (secondary N) is 1. The molecule has 0 atom stereocenters. The summed E-state index contributed by atoms with van der Waals surface area (Å²) >= 11 is 5.81. The van der Waals surface area contributed by atoms with Crippen LogP contribution < -0.4 is 4.72 Å². The zero-order chi connectivity index (χ0) is 15.6. The molecular formula is C13H8ClFN2O3S. The SMILES string of the molecule is N#Cc1cc(S(=O)(=O)Nc2ccc(O)cc2Cl)ccc1F. The van der Waals surface area contributed by atoms with Gasteiger partial charge in [0.2, 0.25) is 0 Å². The number of benzene rings is 2. The van der Waals surface area contributed by atoms with Crippen LogP contribution in [0.2, 0.25) is 5.02 Å². The fourth-order valence-corrected chi connectivity index (χ4v) is 2.93. The topological polar surface area (TPSA) is 90.2 Å². The molecular weight excluding hydrogens is 319 g/mol. The molecule has 8 heteroatoms. The van der Waals surface area contributed by atoms with Gasteiger partial charge in [0.1, 0.15) is 17.6 Å². The predicted molar refractivity (Wildman–Crippen MR) is 75.0 cm³/mol. The summed E-state index contributed by atoms with van der Waals surface area (Å²) in [6.45, 7) is 0. The Morgan fingerprint density at radius 3 is 2.57 bits per heavy atom. The van der Waals surface area contributed by atoms with E-state index in [4.69, 9.17) is 16.9 Å². The first-order valence-electron chi connectivity index (χ1n) is 5.54. The second kappa shape index (κ2) is 5.60. The van der Waals surface area contributed by atoms with Crippen molar-refractivity contribution >= 4 is 27.3 Å². The minimum atomic E-state index is -4.03. The number of nitrogens with zero attached hydrogens (tertiary/aromatic N) is 1. The van der Waals surface area contributed by atoms with Crippen LogP contribution >= 0.6 is 11.6 Å². The highest BCUT2D eigenvalue weighted by Crippen LogP contribution is 2.28. The van der Waals surface area contributed by atoms with Crippen molar-refractivity contribution in [1.82, 2.24) is 0 Å². The minimum Gasteiger partial charge on any atom is -0.508 e. The van der Waals surface area contributed by atoms with E-state index >= 15 is 0 Å². The van der Waals surface area contributed by atoms with Crippen molar-refractivity contribution < 1.29 is 17.9 Å². The number of hydrogen-bond acceptors (Lipinski definition) is 4. The summed E-state index contributed by atoms with van der Waals surface area (Å²) in [4.78, 5) is -0.274. The molecule has 0 amide bonds. The molecule has 21 heavy (non-hydrogen) atoms. The molecule has 0 aromatic heterocycles. The van der Waals surface area contributed by atoms with Gasteiger partial charge in [-0.2, -0.15) is 5.26 Å². The van der Waals surface area contributed by atoms with Gasteiger partial charge in [0.25, 0.3) is 10.0 Å². The fraction of sp³-hybridized carbons (Fsp3) is 0. The van der Waals surface area contributed by atoms with Gasteiger partial charge in [-0.05, 0) is 30.3 Å². The van der Waals surface area contributed by atoms with E-state index in [2.05, 4.69) is 4.72 Å². The molecule has 0 saturated heterocycles. The van der Waals surface area contributed by atoms with Crippen molar-refractivity contribution in [2.45, 2.75) is 4.90 Å². The third-order valence-corrected chi connectivity index (χ3v) is 4.24. The maximum Gasteiger partial charge on any atom is 0.261 e. The summed E-state index contributed by atoms with van der Waals surface area (Å²) in [5, 5.41) is 17.9. The molecule has 0 radical (unpaired) electrons. The zero-order valence-corrected chi connectivity index (χ0v) is 11.9. The molecule has 108 valence electrons. The summed E-state index contributed by atoms with van der Waals surface area (Å²) in [5.41, 5.74) is -0.327. The van der Waals surface area contributed by atoms with Crippen LogP contribution in [0, 0.1) is 17.1 Å². The van der Waals surface area contributed by atoms with E-state index in [-0.39, 0.29) is 26.9 Å². The fourth-order valence-electron chi connectivity index (χ4n) is 1.55. The second-order valence-electron chi connectivity index (χ2n) is 4.02. The molecule has 0 saturated carbocycles. The number of hydrogen-bond donors (Lipinski definition) is 2. The van der Waals surface area contributed by atoms with Crippen molar-refractivity contribution in [3.8, 4) is 11.8 Å². The molecule has 2 N–H and O–H groups in total. The maximum absolute atomic E-state index is 13.2. The first-order valence-corrected chi connectivity index (χ1v) is 7.40. The largest absolute Gasteiger partial charge is 0.508 e. The quantitative estimate of drug-likeness (QED) is 0.849. The lowest BCUT2D eigenvalue weighted by Crippen LogP contribution is -2.13. The van der Waals surface area contributed by atoms with E-state index in [0.29, 0.717) is 0 Å². The second-order valence-corrected chi connectivity index (χ2v) is 6.11. The molecule has 0 spiro atoms. The monoisotopic (exact) mass is 326 g/mol. The third-order valence-electron chi connectivity index (χ3n) is 2.57. The Morgan fingerprint density at radius 2 is 1.95 bits per heavy atom. The maximum atomic E-state index is 13.2. The molecule has 0 aliphatic carbocycles. The van der Waals surface area contributed by atoms with Gasteiger partial charge in [0, 0.05) is 6.07 Å². The molecule has 0 bridgehead atoms. The normalized spacial score (nSPS) is 10.9. The van der Waals surface area contributed by atoms with Crippen LogP contribution in [0.15, 0.2) is 41.3 Å². The van der Waals surface area contributed by atoms with Gasteiger partial charge in [0.15, 0.2) is 0 Å².